The average molecular weight is 446 g/mol. The molecule has 0 aromatic heterocycles. The smallest absolute Gasteiger partial charge is 0.239 e. The van der Waals surface area contributed by atoms with Crippen LogP contribution in [0.3, 0.4) is 0 Å². The molecule has 2 atom stereocenters. The van der Waals surface area contributed by atoms with Crippen LogP contribution in [0.25, 0.3) is 0 Å². The van der Waals surface area contributed by atoms with Crippen LogP contribution in [0.4, 0.5) is 0 Å². The minimum atomic E-state index is -0.368. The van der Waals surface area contributed by atoms with Gasteiger partial charge in [0.1, 0.15) is 5.78 Å². The van der Waals surface area contributed by atoms with Crippen molar-refractivity contribution >= 4 is 30.0 Å². The maximum atomic E-state index is 11.4. The second kappa shape index (κ2) is 22.0. The van der Waals surface area contributed by atoms with Crippen molar-refractivity contribution in [1.29, 1.82) is 0 Å². The predicted molar refractivity (Wildman–Crippen MR) is 124 cm³/mol. The lowest BCUT2D eigenvalue weighted by Gasteiger charge is -2.23. The highest BCUT2D eigenvalue weighted by molar-refractivity contribution is 5.86. The lowest BCUT2D eigenvalue weighted by molar-refractivity contribution is -0.132. The third-order valence-electron chi connectivity index (χ3n) is 3.62. The van der Waals surface area contributed by atoms with E-state index in [-0.39, 0.29) is 42.7 Å². The first kappa shape index (κ1) is 33.0. The number of rotatable bonds is 8. The molecule has 0 bridgehead atoms. The van der Waals surface area contributed by atoms with E-state index < -0.39 is 0 Å². The summed E-state index contributed by atoms with van der Waals surface area (Å²) in [6.45, 7) is 12.8. The number of guanidine groups is 1. The van der Waals surface area contributed by atoms with Crippen molar-refractivity contribution in [2.45, 2.75) is 72.9 Å². The summed E-state index contributed by atoms with van der Waals surface area (Å²) in [5.74, 6) is -0.214. The van der Waals surface area contributed by atoms with Gasteiger partial charge in [0.15, 0.2) is 5.96 Å². The predicted octanol–water partition coefficient (Wildman–Crippen LogP) is -0.522. The van der Waals surface area contributed by atoms with Gasteiger partial charge in [-0.25, -0.2) is 0 Å². The van der Waals surface area contributed by atoms with Crippen molar-refractivity contribution < 1.29 is 19.2 Å². The Morgan fingerprint density at radius 2 is 1.81 bits per heavy atom. The third-order valence-corrected chi connectivity index (χ3v) is 3.62. The summed E-state index contributed by atoms with van der Waals surface area (Å²) in [6.07, 6.45) is 3.67. The number of nitrogens with zero attached hydrogens (tertiary/aromatic N) is 2. The largest absolute Gasteiger partial charge is 0.370 e. The van der Waals surface area contributed by atoms with E-state index in [0.717, 1.165) is 32.4 Å². The normalized spacial score (nSPS) is 14.7. The van der Waals surface area contributed by atoms with Gasteiger partial charge in [0, 0.05) is 19.1 Å². The molecule has 3 amide bonds. The quantitative estimate of drug-likeness (QED) is 0.189. The summed E-state index contributed by atoms with van der Waals surface area (Å²) in [5, 5.41) is 4.47. The van der Waals surface area contributed by atoms with Crippen LogP contribution in [0.2, 0.25) is 0 Å². The first-order valence-corrected chi connectivity index (χ1v) is 10.6. The molecule has 8 N–H and O–H groups in total. The number of aliphatic imine (C=N–C) groups is 1. The van der Waals surface area contributed by atoms with Gasteiger partial charge in [0.25, 0.3) is 0 Å². The maximum absolute atomic E-state index is 11.4. The lowest BCUT2D eigenvalue weighted by atomic mass is 10.2. The van der Waals surface area contributed by atoms with Crippen LogP contribution in [0.15, 0.2) is 4.99 Å². The number of hydrogen-bond acceptors (Lipinski definition) is 6. The Labute approximate surface area is 186 Å². The highest BCUT2D eigenvalue weighted by Gasteiger charge is 2.26. The van der Waals surface area contributed by atoms with E-state index in [2.05, 4.69) is 22.5 Å². The summed E-state index contributed by atoms with van der Waals surface area (Å²) >= 11 is 0. The molecule has 0 radical (unpaired) electrons. The monoisotopic (exact) mass is 445 g/mol. The van der Waals surface area contributed by atoms with E-state index in [1.54, 1.807) is 6.92 Å². The molecule has 11 nitrogen and oxygen atoms in total. The highest BCUT2D eigenvalue weighted by Crippen LogP contribution is 2.16. The van der Waals surface area contributed by atoms with Crippen molar-refractivity contribution in [3.63, 3.8) is 0 Å². The van der Waals surface area contributed by atoms with E-state index in [9.17, 15) is 19.2 Å². The Morgan fingerprint density at radius 3 is 2.13 bits per heavy atom. The summed E-state index contributed by atoms with van der Waals surface area (Å²) < 4.78 is 0. The minimum absolute atomic E-state index is 0.0133. The van der Waals surface area contributed by atoms with Gasteiger partial charge < -0.3 is 32.7 Å². The van der Waals surface area contributed by atoms with Crippen LogP contribution in [-0.4, -0.2) is 73.1 Å². The Kier molecular flexibility index (Phi) is 23.4. The van der Waals surface area contributed by atoms with Gasteiger partial charge in [0.2, 0.25) is 18.2 Å². The zero-order chi connectivity index (χ0) is 24.8. The molecule has 1 aliphatic rings. The Balaban J connectivity index is -0.000000374. The van der Waals surface area contributed by atoms with E-state index in [1.807, 2.05) is 25.7 Å². The number of amides is 3. The molecular formula is C20H43N7O4. The van der Waals surface area contributed by atoms with Gasteiger partial charge in [-0.15, -0.1) is 0 Å². The number of carbonyl (C=O) groups excluding carboxylic acids is 4. The molecule has 0 spiro atoms. The summed E-state index contributed by atoms with van der Waals surface area (Å²) in [5.41, 5.74) is 15.5. The Bertz CT molecular complexity index is 536. The van der Waals surface area contributed by atoms with E-state index >= 15 is 0 Å². The van der Waals surface area contributed by atoms with Crippen LogP contribution in [0, 0.1) is 0 Å². The van der Waals surface area contributed by atoms with Crippen molar-refractivity contribution in [3.8, 4) is 0 Å². The molecule has 182 valence electrons. The van der Waals surface area contributed by atoms with Crippen molar-refractivity contribution in [2.75, 3.05) is 26.2 Å². The molecule has 0 aliphatic carbocycles. The number of Topliss-reactive ketones (excluding diaryl/α,β-unsaturated/α-hetero) is 1. The molecule has 0 saturated carbocycles. The number of hydrogen-bond donors (Lipinski definition) is 5. The number of likely N-dealkylation sites (tertiary alicyclic amines) is 1. The molecule has 1 rings (SSSR count). The van der Waals surface area contributed by atoms with Crippen LogP contribution >= 0.6 is 0 Å². The third kappa shape index (κ3) is 21.8. The molecule has 1 heterocycles. The maximum Gasteiger partial charge on any atom is 0.239 e. The lowest BCUT2D eigenvalue weighted by Crippen LogP contribution is -2.43. The average Bonchev–Trinajstić information content (AvgIpc) is 3.16. The van der Waals surface area contributed by atoms with Crippen LogP contribution < -0.4 is 27.8 Å². The number of nitrogens with two attached hydrogens (primary N) is 3. The van der Waals surface area contributed by atoms with Crippen molar-refractivity contribution in [3.05, 3.63) is 0 Å². The van der Waals surface area contributed by atoms with Gasteiger partial charge in [-0.3, -0.25) is 24.2 Å². The second-order valence-electron chi connectivity index (χ2n) is 6.60. The molecule has 0 aromatic rings. The molecule has 2 unspecified atom stereocenters. The first-order chi connectivity index (χ1) is 14.6. The van der Waals surface area contributed by atoms with Crippen LogP contribution in [0.1, 0.15) is 60.8 Å². The SMILES string of the molecule is CC.CC(=O)CNC(=O)CNC=O.CC(N)C(=O)N1CCCC1C.CCCN=C(N)N. The molecule has 31 heavy (non-hydrogen) atoms. The standard InChI is InChI=1S/C8H16N2O.C6H10N2O3.C4H11N3.C2H6/c1-6-4-3-5-10(6)8(11)7(2)9;1-5(10)2-8-6(11)3-7-4-9;1-2-3-7-4(5)6;1-2/h6-7H,3-5,9H2,1-2H3;4H,2-3H2,1H3,(H,7,9)(H,8,11);2-3H2,1H3,(H4,5,6,7);1-2H3. The van der Waals surface area contributed by atoms with Crippen molar-refractivity contribution in [1.82, 2.24) is 15.5 Å². The Hall–Kier alpha value is -2.69. The fourth-order valence-electron chi connectivity index (χ4n) is 2.18. The fraction of sp³-hybridized carbons (Fsp3) is 0.750. The summed E-state index contributed by atoms with van der Waals surface area (Å²) in [4.78, 5) is 47.6. The Morgan fingerprint density at radius 1 is 1.23 bits per heavy atom. The van der Waals surface area contributed by atoms with Gasteiger partial charge in [-0.1, -0.05) is 20.8 Å². The number of carbonyl (C=O) groups is 4. The van der Waals surface area contributed by atoms with Gasteiger partial charge in [0.05, 0.1) is 19.1 Å². The zero-order valence-corrected chi connectivity index (χ0v) is 19.9. The fourth-order valence-corrected chi connectivity index (χ4v) is 2.18. The minimum Gasteiger partial charge on any atom is -0.370 e. The molecule has 0 aromatic carbocycles. The topological polar surface area (TPSA) is 186 Å². The van der Waals surface area contributed by atoms with E-state index in [4.69, 9.17) is 17.2 Å². The summed E-state index contributed by atoms with van der Waals surface area (Å²) in [6, 6.07) is 0.0593. The van der Waals surface area contributed by atoms with Gasteiger partial charge in [-0.2, -0.15) is 0 Å². The van der Waals surface area contributed by atoms with Crippen LogP contribution in [-0.2, 0) is 19.2 Å². The molecule has 1 aliphatic heterocycles. The zero-order valence-electron chi connectivity index (χ0n) is 19.9. The van der Waals surface area contributed by atoms with E-state index in [0.29, 0.717) is 12.5 Å². The van der Waals surface area contributed by atoms with Crippen LogP contribution in [0.5, 0.6) is 0 Å². The number of nitrogens with one attached hydrogen (secondary N) is 2. The summed E-state index contributed by atoms with van der Waals surface area (Å²) in [7, 11) is 0. The molecule has 11 heteroatoms. The second-order valence-corrected chi connectivity index (χ2v) is 6.60. The first-order valence-electron chi connectivity index (χ1n) is 10.6. The van der Waals surface area contributed by atoms with Gasteiger partial charge in [-0.05, 0) is 40.0 Å². The van der Waals surface area contributed by atoms with E-state index in [1.165, 1.54) is 6.92 Å². The molecular weight excluding hydrogens is 402 g/mol. The highest BCUT2D eigenvalue weighted by atomic mass is 16.2. The van der Waals surface area contributed by atoms with Crippen molar-refractivity contribution in [2.24, 2.45) is 22.2 Å². The van der Waals surface area contributed by atoms with Gasteiger partial charge >= 0.3 is 0 Å². The number of ketones is 1. The molecule has 1 fully saturated rings. The molecule has 1 saturated heterocycles.